The third-order valence-electron chi connectivity index (χ3n) is 5.82. The van der Waals surface area contributed by atoms with Crippen molar-refractivity contribution in [3.63, 3.8) is 0 Å². The van der Waals surface area contributed by atoms with E-state index in [4.69, 9.17) is 14.2 Å². The van der Waals surface area contributed by atoms with Crippen LogP contribution in [0.25, 0.3) is 10.9 Å². The maximum atomic E-state index is 12.0. The Balaban J connectivity index is 1.80. The van der Waals surface area contributed by atoms with Crippen LogP contribution >= 0.6 is 0 Å². The zero-order chi connectivity index (χ0) is 22.8. The maximum absolute atomic E-state index is 12.0. The third-order valence-corrected chi connectivity index (χ3v) is 5.82. The molecule has 1 aromatic heterocycles. The van der Waals surface area contributed by atoms with Crippen molar-refractivity contribution in [1.29, 1.82) is 0 Å². The van der Waals surface area contributed by atoms with Crippen LogP contribution in [0, 0.1) is 0 Å². The van der Waals surface area contributed by atoms with Gasteiger partial charge in [-0.15, -0.1) is 0 Å². The average molecular weight is 441 g/mol. The molecule has 0 saturated heterocycles. The molecule has 1 aliphatic heterocycles. The number of methoxy groups -OCH3 is 3. The van der Waals surface area contributed by atoms with Crippen molar-refractivity contribution < 1.29 is 29.2 Å². The highest BCUT2D eigenvalue weighted by Crippen LogP contribution is 2.42. The number of hydrogen-bond donors (Lipinski definition) is 5. The first-order valence-electron chi connectivity index (χ1n) is 10.3. The second-order valence-corrected chi connectivity index (χ2v) is 7.62. The first-order chi connectivity index (χ1) is 15.5. The third kappa shape index (κ3) is 3.86. The highest BCUT2D eigenvalue weighted by molar-refractivity contribution is 5.85. The van der Waals surface area contributed by atoms with E-state index in [2.05, 4.69) is 15.6 Å². The van der Waals surface area contributed by atoms with Crippen LogP contribution in [0.5, 0.6) is 17.2 Å². The summed E-state index contributed by atoms with van der Waals surface area (Å²) in [6.45, 7) is -0.392. The number of ether oxygens (including phenoxy) is 3. The van der Waals surface area contributed by atoms with Gasteiger partial charge in [0.2, 0.25) is 5.75 Å². The maximum Gasteiger partial charge on any atom is 0.325 e. The SMILES string of the molecule is COC(=O)[C@H](CO)N[C@@H]1Cc2c([nH]c3ccccc23)[C@@H](c2cc(OC)c(O)c(OC)c2)N1. The van der Waals surface area contributed by atoms with E-state index in [1.54, 1.807) is 12.1 Å². The van der Waals surface area contributed by atoms with Gasteiger partial charge >= 0.3 is 5.97 Å². The molecule has 3 atom stereocenters. The van der Waals surface area contributed by atoms with E-state index in [9.17, 15) is 15.0 Å². The van der Waals surface area contributed by atoms with E-state index in [1.807, 2.05) is 24.3 Å². The summed E-state index contributed by atoms with van der Waals surface area (Å²) in [4.78, 5) is 15.5. The lowest BCUT2D eigenvalue weighted by Gasteiger charge is -2.34. The molecule has 0 aliphatic carbocycles. The van der Waals surface area contributed by atoms with Gasteiger partial charge in [0.15, 0.2) is 11.5 Å². The standard InChI is InChI=1S/C23H27N3O6/c1-30-17-8-12(9-18(31-2)22(17)28)20-21-14(13-6-4-5-7-15(13)25-21)10-19(26-20)24-16(11-27)23(29)32-3/h4-9,16,19-20,24-28H,10-11H2,1-3H3/t16-,19-,20+/m0/s1. The summed E-state index contributed by atoms with van der Waals surface area (Å²) < 4.78 is 15.5. The lowest BCUT2D eigenvalue weighted by Crippen LogP contribution is -2.55. The van der Waals surface area contributed by atoms with Crippen LogP contribution in [0.15, 0.2) is 36.4 Å². The molecule has 0 radical (unpaired) electrons. The number of carbonyl (C=O) groups excluding carboxylic acids is 1. The summed E-state index contributed by atoms with van der Waals surface area (Å²) in [5, 5.41) is 27.8. The van der Waals surface area contributed by atoms with Gasteiger partial charge in [0.05, 0.1) is 40.1 Å². The Bertz CT molecular complexity index is 1100. The Kier molecular flexibility index (Phi) is 6.22. The molecule has 9 nitrogen and oxygen atoms in total. The first-order valence-corrected chi connectivity index (χ1v) is 10.3. The summed E-state index contributed by atoms with van der Waals surface area (Å²) in [6, 6.07) is 10.3. The second-order valence-electron chi connectivity index (χ2n) is 7.62. The van der Waals surface area contributed by atoms with Gasteiger partial charge in [-0.25, -0.2) is 0 Å². The van der Waals surface area contributed by atoms with Crippen LogP contribution in [0.3, 0.4) is 0 Å². The van der Waals surface area contributed by atoms with Crippen molar-refractivity contribution in [2.75, 3.05) is 27.9 Å². The van der Waals surface area contributed by atoms with Crippen molar-refractivity contribution in [3.05, 3.63) is 53.2 Å². The minimum absolute atomic E-state index is 0.0767. The van der Waals surface area contributed by atoms with Gasteiger partial charge in [-0.3, -0.25) is 15.4 Å². The normalized spacial score (nSPS) is 18.8. The molecule has 0 amide bonds. The van der Waals surface area contributed by atoms with Crippen LogP contribution in [0.2, 0.25) is 0 Å². The van der Waals surface area contributed by atoms with E-state index in [1.165, 1.54) is 21.3 Å². The molecular formula is C23H27N3O6. The molecule has 32 heavy (non-hydrogen) atoms. The number of aromatic amines is 1. The largest absolute Gasteiger partial charge is 0.502 e. The summed E-state index contributed by atoms with van der Waals surface area (Å²) in [7, 11) is 4.25. The van der Waals surface area contributed by atoms with Crippen LogP contribution < -0.4 is 20.1 Å². The van der Waals surface area contributed by atoms with Gasteiger partial charge in [0.25, 0.3) is 0 Å². The van der Waals surface area contributed by atoms with Crippen molar-refractivity contribution in [1.82, 2.24) is 15.6 Å². The monoisotopic (exact) mass is 441 g/mol. The fourth-order valence-corrected chi connectivity index (χ4v) is 4.27. The van der Waals surface area contributed by atoms with Crippen molar-refractivity contribution in [3.8, 4) is 17.2 Å². The van der Waals surface area contributed by atoms with E-state index in [0.29, 0.717) is 6.42 Å². The van der Waals surface area contributed by atoms with Crippen molar-refractivity contribution in [2.45, 2.75) is 24.7 Å². The molecule has 170 valence electrons. The summed E-state index contributed by atoms with van der Waals surface area (Å²) in [5.74, 6) is -0.0379. The number of H-pyrrole nitrogens is 1. The molecule has 5 N–H and O–H groups in total. The number of aliphatic hydroxyl groups excluding tert-OH is 1. The lowest BCUT2D eigenvalue weighted by molar-refractivity contribution is -0.144. The number of hydrogen-bond acceptors (Lipinski definition) is 8. The van der Waals surface area contributed by atoms with Crippen molar-refractivity contribution in [2.24, 2.45) is 0 Å². The Morgan fingerprint density at radius 2 is 1.88 bits per heavy atom. The highest BCUT2D eigenvalue weighted by Gasteiger charge is 2.33. The van der Waals surface area contributed by atoms with Gasteiger partial charge in [0.1, 0.15) is 6.04 Å². The fourth-order valence-electron chi connectivity index (χ4n) is 4.27. The van der Waals surface area contributed by atoms with Gasteiger partial charge in [-0.1, -0.05) is 18.2 Å². The second kappa shape index (κ2) is 9.07. The van der Waals surface area contributed by atoms with E-state index < -0.39 is 18.6 Å². The summed E-state index contributed by atoms with van der Waals surface area (Å²) >= 11 is 0. The molecule has 1 aliphatic rings. The minimum atomic E-state index is -0.867. The fraction of sp³-hybridized carbons (Fsp3) is 0.348. The Hall–Kier alpha value is -3.27. The van der Waals surface area contributed by atoms with Crippen LogP contribution in [0.4, 0.5) is 0 Å². The van der Waals surface area contributed by atoms with Gasteiger partial charge in [-0.2, -0.15) is 0 Å². The van der Waals surface area contributed by atoms with Gasteiger partial charge in [-0.05, 0) is 29.3 Å². The molecular weight excluding hydrogens is 414 g/mol. The Labute approximate surface area is 185 Å². The molecule has 0 saturated carbocycles. The number of aliphatic hydroxyl groups is 1. The number of para-hydroxylation sites is 1. The topological polar surface area (TPSA) is 125 Å². The molecule has 2 aromatic carbocycles. The van der Waals surface area contributed by atoms with Crippen molar-refractivity contribution >= 4 is 16.9 Å². The predicted molar refractivity (Wildman–Crippen MR) is 118 cm³/mol. The molecule has 4 rings (SSSR count). The molecule has 0 unspecified atom stereocenters. The minimum Gasteiger partial charge on any atom is -0.502 e. The highest BCUT2D eigenvalue weighted by atomic mass is 16.5. The van der Waals surface area contributed by atoms with E-state index in [-0.39, 0.29) is 29.5 Å². The molecule has 0 fully saturated rings. The number of phenolic OH excluding ortho intramolecular Hbond substituents is 1. The molecule has 3 aromatic rings. The van der Waals surface area contributed by atoms with Gasteiger partial charge < -0.3 is 29.4 Å². The predicted octanol–water partition coefficient (Wildman–Crippen LogP) is 1.58. The number of carbonyl (C=O) groups is 1. The van der Waals surface area contributed by atoms with E-state index >= 15 is 0 Å². The number of esters is 1. The summed E-state index contributed by atoms with van der Waals surface area (Å²) in [5.41, 5.74) is 3.86. The van der Waals surface area contributed by atoms with E-state index in [0.717, 1.165) is 27.7 Å². The number of aromatic hydroxyl groups is 1. The van der Waals surface area contributed by atoms with Crippen LogP contribution in [-0.4, -0.2) is 61.3 Å². The first kappa shape index (κ1) is 21.9. The number of rotatable bonds is 7. The average Bonchev–Trinajstić information content (AvgIpc) is 3.20. The number of benzene rings is 2. The number of nitrogens with one attached hydrogen (secondary N) is 3. The molecule has 9 heteroatoms. The zero-order valence-electron chi connectivity index (χ0n) is 18.1. The number of fused-ring (bicyclic) bond motifs is 3. The van der Waals surface area contributed by atoms with Gasteiger partial charge in [0, 0.05) is 23.0 Å². The molecule has 0 bridgehead atoms. The summed E-state index contributed by atoms with van der Waals surface area (Å²) in [6.07, 6.45) is 0.240. The zero-order valence-corrected chi connectivity index (χ0v) is 18.1. The quantitative estimate of drug-likeness (QED) is 0.350. The smallest absolute Gasteiger partial charge is 0.325 e. The van der Waals surface area contributed by atoms with Crippen LogP contribution in [0.1, 0.15) is 22.9 Å². The lowest BCUT2D eigenvalue weighted by atomic mass is 9.92. The number of aromatic nitrogens is 1. The molecule has 0 spiro atoms. The Morgan fingerprint density at radius 1 is 1.19 bits per heavy atom. The Morgan fingerprint density at radius 3 is 2.50 bits per heavy atom. The molecule has 2 heterocycles. The number of phenols is 1. The van der Waals surface area contributed by atoms with Crippen LogP contribution in [-0.2, 0) is 16.0 Å².